The second-order valence-corrected chi connectivity index (χ2v) is 8.52. The minimum atomic E-state index is 0.0255. The molecule has 1 N–H and O–H groups in total. The fourth-order valence-corrected chi connectivity index (χ4v) is 4.96. The molecule has 150 valence electrons. The van der Waals surface area contributed by atoms with Crippen LogP contribution in [0.25, 0.3) is 5.69 Å². The Balaban J connectivity index is 1.86. The maximum atomic E-state index is 5.74. The number of pyridine rings is 1. The predicted octanol–water partition coefficient (Wildman–Crippen LogP) is 5.18. The van der Waals surface area contributed by atoms with Crippen LogP contribution in [0, 0.1) is 20.8 Å². The lowest BCUT2D eigenvalue weighted by Crippen LogP contribution is -2.35. The molecule has 2 atom stereocenters. The largest absolute Gasteiger partial charge is 0.352 e. The Bertz CT molecular complexity index is 1040. The predicted molar refractivity (Wildman–Crippen MR) is 122 cm³/mol. The fraction of sp³-hybridized carbons (Fsp3) is 0.333. The summed E-state index contributed by atoms with van der Waals surface area (Å²) in [5.41, 5.74) is 7.24. The molecule has 5 heteroatoms. The van der Waals surface area contributed by atoms with Crippen molar-refractivity contribution in [1.82, 2.24) is 19.8 Å². The number of aromatic nitrogens is 2. The standard InChI is InChI=1S/C24H28N4S/c1-15(2)27-23(22(26-24(27)29)21-11-6-7-12-25-21)20-14-17(4)28(18(20)5)19-10-8-9-16(3)13-19/h6-15,22-23H,1-5H3,(H,26,29)/t22-,23-/m0/s1. The van der Waals surface area contributed by atoms with E-state index in [1.54, 1.807) is 0 Å². The van der Waals surface area contributed by atoms with Gasteiger partial charge in [0.25, 0.3) is 0 Å². The Hall–Kier alpha value is -2.66. The van der Waals surface area contributed by atoms with Crippen LogP contribution in [-0.4, -0.2) is 25.6 Å². The van der Waals surface area contributed by atoms with Gasteiger partial charge in [-0.25, -0.2) is 0 Å². The maximum absolute atomic E-state index is 5.74. The number of nitrogens with one attached hydrogen (secondary N) is 1. The van der Waals surface area contributed by atoms with Gasteiger partial charge < -0.3 is 14.8 Å². The Labute approximate surface area is 178 Å². The Morgan fingerprint density at radius 3 is 2.48 bits per heavy atom. The van der Waals surface area contributed by atoms with Crippen LogP contribution in [-0.2, 0) is 0 Å². The van der Waals surface area contributed by atoms with E-state index in [9.17, 15) is 0 Å². The van der Waals surface area contributed by atoms with E-state index in [1.807, 2.05) is 18.3 Å². The van der Waals surface area contributed by atoms with Gasteiger partial charge in [0.1, 0.15) is 0 Å². The molecule has 4 nitrogen and oxygen atoms in total. The molecule has 0 spiro atoms. The molecule has 4 rings (SSSR count). The first kappa shape index (κ1) is 19.6. The summed E-state index contributed by atoms with van der Waals surface area (Å²) in [6.07, 6.45) is 1.85. The second kappa shape index (κ2) is 7.64. The van der Waals surface area contributed by atoms with Crippen molar-refractivity contribution in [3.63, 3.8) is 0 Å². The molecular formula is C24H28N4S. The number of thiocarbonyl (C=S) groups is 1. The van der Waals surface area contributed by atoms with Crippen LogP contribution >= 0.6 is 12.2 Å². The zero-order chi connectivity index (χ0) is 20.7. The fourth-order valence-electron chi connectivity index (χ4n) is 4.51. The molecule has 0 bridgehead atoms. The summed E-state index contributed by atoms with van der Waals surface area (Å²) in [4.78, 5) is 6.95. The van der Waals surface area contributed by atoms with Crippen molar-refractivity contribution in [3.8, 4) is 5.69 Å². The number of aryl methyl sites for hydroxylation is 2. The van der Waals surface area contributed by atoms with Crippen LogP contribution in [0.3, 0.4) is 0 Å². The monoisotopic (exact) mass is 404 g/mol. The molecule has 1 aromatic carbocycles. The van der Waals surface area contributed by atoms with Gasteiger partial charge in [-0.05, 0) is 88.3 Å². The van der Waals surface area contributed by atoms with Crippen molar-refractivity contribution < 1.29 is 0 Å². The number of nitrogens with zero attached hydrogens (tertiary/aromatic N) is 3. The van der Waals surface area contributed by atoms with E-state index in [-0.39, 0.29) is 18.1 Å². The minimum absolute atomic E-state index is 0.0255. The summed E-state index contributed by atoms with van der Waals surface area (Å²) >= 11 is 5.74. The molecule has 1 aliphatic rings. The van der Waals surface area contributed by atoms with Gasteiger partial charge in [-0.1, -0.05) is 18.2 Å². The third kappa shape index (κ3) is 3.44. The van der Waals surface area contributed by atoms with E-state index in [0.717, 1.165) is 10.8 Å². The van der Waals surface area contributed by atoms with Gasteiger partial charge in [0.05, 0.1) is 17.8 Å². The molecular weight excluding hydrogens is 376 g/mol. The summed E-state index contributed by atoms with van der Waals surface area (Å²) in [6, 6.07) is 17.5. The summed E-state index contributed by atoms with van der Waals surface area (Å²) in [5.74, 6) is 0. The van der Waals surface area contributed by atoms with Crippen LogP contribution in [0.2, 0.25) is 0 Å². The lowest BCUT2D eigenvalue weighted by Gasteiger charge is -2.31. The van der Waals surface area contributed by atoms with Crippen molar-refractivity contribution >= 4 is 17.3 Å². The van der Waals surface area contributed by atoms with Crippen molar-refractivity contribution in [2.75, 3.05) is 0 Å². The van der Waals surface area contributed by atoms with Crippen molar-refractivity contribution in [2.24, 2.45) is 0 Å². The van der Waals surface area contributed by atoms with Crippen LogP contribution in [0.1, 0.15) is 54.1 Å². The maximum Gasteiger partial charge on any atom is 0.170 e. The minimum Gasteiger partial charge on any atom is -0.352 e. The molecule has 1 aliphatic heterocycles. The Morgan fingerprint density at radius 1 is 1.03 bits per heavy atom. The van der Waals surface area contributed by atoms with Gasteiger partial charge in [-0.15, -0.1) is 0 Å². The highest BCUT2D eigenvalue weighted by Gasteiger charge is 2.42. The molecule has 3 heterocycles. The normalized spacial score (nSPS) is 19.1. The average Bonchev–Trinajstić information content (AvgIpc) is 3.18. The third-order valence-corrected chi connectivity index (χ3v) is 6.07. The van der Waals surface area contributed by atoms with Crippen LogP contribution in [0.5, 0.6) is 0 Å². The van der Waals surface area contributed by atoms with Gasteiger partial charge in [0, 0.05) is 29.3 Å². The average molecular weight is 405 g/mol. The van der Waals surface area contributed by atoms with Crippen LogP contribution < -0.4 is 5.32 Å². The SMILES string of the molecule is Cc1cccc(-n2c(C)cc([C@H]3[C@H](c4ccccn4)NC(=S)N3C(C)C)c2C)c1. The van der Waals surface area contributed by atoms with Crippen LogP contribution in [0.15, 0.2) is 54.7 Å². The lowest BCUT2D eigenvalue weighted by molar-refractivity contribution is 0.269. The highest BCUT2D eigenvalue weighted by molar-refractivity contribution is 7.80. The molecule has 0 saturated carbocycles. The van der Waals surface area contributed by atoms with E-state index in [0.29, 0.717) is 0 Å². The highest BCUT2D eigenvalue weighted by atomic mass is 32.1. The van der Waals surface area contributed by atoms with Gasteiger partial charge in [0.2, 0.25) is 0 Å². The smallest absolute Gasteiger partial charge is 0.170 e. The Kier molecular flexibility index (Phi) is 5.17. The first-order valence-electron chi connectivity index (χ1n) is 10.1. The second-order valence-electron chi connectivity index (χ2n) is 8.13. The molecule has 1 saturated heterocycles. The molecule has 0 unspecified atom stereocenters. The molecule has 2 aromatic heterocycles. The van der Waals surface area contributed by atoms with E-state index in [4.69, 9.17) is 12.2 Å². The molecule has 29 heavy (non-hydrogen) atoms. The zero-order valence-electron chi connectivity index (χ0n) is 17.7. The topological polar surface area (TPSA) is 33.1 Å². The zero-order valence-corrected chi connectivity index (χ0v) is 18.5. The third-order valence-electron chi connectivity index (χ3n) is 5.74. The summed E-state index contributed by atoms with van der Waals surface area (Å²) < 4.78 is 2.34. The molecule has 1 fully saturated rings. The highest BCUT2D eigenvalue weighted by Crippen LogP contribution is 2.42. The number of rotatable bonds is 4. The lowest BCUT2D eigenvalue weighted by atomic mass is 9.96. The molecule has 0 aliphatic carbocycles. The van der Waals surface area contributed by atoms with Gasteiger partial charge in [-0.3, -0.25) is 4.98 Å². The van der Waals surface area contributed by atoms with Gasteiger partial charge >= 0.3 is 0 Å². The van der Waals surface area contributed by atoms with Gasteiger partial charge in [0.15, 0.2) is 5.11 Å². The summed E-state index contributed by atoms with van der Waals surface area (Å²) in [7, 11) is 0. The molecule has 3 aromatic rings. The molecule has 0 amide bonds. The first-order chi connectivity index (χ1) is 13.9. The van der Waals surface area contributed by atoms with Crippen molar-refractivity contribution in [3.05, 3.63) is 82.9 Å². The quantitative estimate of drug-likeness (QED) is 0.608. The van der Waals surface area contributed by atoms with E-state index in [2.05, 4.69) is 90.8 Å². The summed E-state index contributed by atoms with van der Waals surface area (Å²) in [5, 5.41) is 4.33. The van der Waals surface area contributed by atoms with E-state index >= 15 is 0 Å². The Morgan fingerprint density at radius 2 is 1.83 bits per heavy atom. The van der Waals surface area contributed by atoms with Crippen molar-refractivity contribution in [2.45, 2.75) is 52.7 Å². The van der Waals surface area contributed by atoms with Gasteiger partial charge in [-0.2, -0.15) is 0 Å². The first-order valence-corrected chi connectivity index (χ1v) is 10.5. The molecule has 0 radical (unpaired) electrons. The number of benzene rings is 1. The summed E-state index contributed by atoms with van der Waals surface area (Å²) in [6.45, 7) is 10.9. The van der Waals surface area contributed by atoms with E-state index < -0.39 is 0 Å². The number of hydrogen-bond acceptors (Lipinski definition) is 2. The number of hydrogen-bond donors (Lipinski definition) is 1. The van der Waals surface area contributed by atoms with Crippen molar-refractivity contribution in [1.29, 1.82) is 0 Å². The van der Waals surface area contributed by atoms with Crippen LogP contribution in [0.4, 0.5) is 0 Å². The van der Waals surface area contributed by atoms with E-state index in [1.165, 1.54) is 28.2 Å².